The van der Waals surface area contributed by atoms with Gasteiger partial charge in [0.1, 0.15) is 5.69 Å². The lowest BCUT2D eigenvalue weighted by atomic mass is 10.4. The van der Waals surface area contributed by atoms with E-state index in [-0.39, 0.29) is 0 Å². The topological polar surface area (TPSA) is 54.7 Å². The van der Waals surface area contributed by atoms with Crippen LogP contribution in [0.5, 0.6) is 0 Å². The second kappa shape index (κ2) is 4.55. The van der Waals surface area contributed by atoms with Gasteiger partial charge in [-0.1, -0.05) is 29.9 Å². The van der Waals surface area contributed by atoms with Gasteiger partial charge in [-0.3, -0.25) is 0 Å². The van der Waals surface area contributed by atoms with Crippen LogP contribution in [0.1, 0.15) is 0 Å². The molecule has 0 atom stereocenters. The van der Waals surface area contributed by atoms with Gasteiger partial charge in [0.2, 0.25) is 0 Å². The summed E-state index contributed by atoms with van der Waals surface area (Å²) in [4.78, 5) is 2.98. The molecule has 2 aromatic rings. The highest BCUT2D eigenvalue weighted by atomic mass is 35.5. The summed E-state index contributed by atoms with van der Waals surface area (Å²) < 4.78 is 5.39. The van der Waals surface area contributed by atoms with Gasteiger partial charge < -0.3 is 9.40 Å². The first-order chi connectivity index (χ1) is 7.25. The number of nitrogens with one attached hydrogen (secondary N) is 1. The van der Waals surface area contributed by atoms with Gasteiger partial charge in [-0.15, -0.1) is 10.2 Å². The molecule has 0 aliphatic carbocycles. The van der Waals surface area contributed by atoms with Crippen LogP contribution < -0.4 is 0 Å². The number of aromatic nitrogens is 3. The molecule has 78 valence electrons. The number of nitrogens with zero attached hydrogens (tertiary/aromatic N) is 2. The van der Waals surface area contributed by atoms with Crippen LogP contribution in [0.3, 0.4) is 0 Å². The molecule has 0 fully saturated rings. The van der Waals surface area contributed by atoms with E-state index in [9.17, 15) is 0 Å². The first-order valence-corrected chi connectivity index (χ1v) is 5.55. The molecule has 0 saturated carbocycles. The highest BCUT2D eigenvalue weighted by molar-refractivity contribution is 7.99. The fourth-order valence-corrected chi connectivity index (χ4v) is 1.66. The van der Waals surface area contributed by atoms with Gasteiger partial charge in [-0.05, 0) is 12.1 Å². The summed E-state index contributed by atoms with van der Waals surface area (Å²) in [5.74, 6) is 1.04. The number of rotatable bonds is 4. The Labute approximate surface area is 95.7 Å². The van der Waals surface area contributed by atoms with Crippen LogP contribution >= 0.6 is 23.4 Å². The third kappa shape index (κ3) is 2.64. The molecule has 15 heavy (non-hydrogen) atoms. The van der Waals surface area contributed by atoms with Gasteiger partial charge in [0, 0.05) is 17.0 Å². The summed E-state index contributed by atoms with van der Waals surface area (Å²) in [7, 11) is 0. The van der Waals surface area contributed by atoms with Crippen LogP contribution in [0, 0.1) is 0 Å². The first-order valence-electron chi connectivity index (χ1n) is 4.19. The molecule has 2 heterocycles. The molecule has 0 amide bonds. The van der Waals surface area contributed by atoms with Crippen LogP contribution in [-0.4, -0.2) is 20.9 Å². The third-order valence-electron chi connectivity index (χ3n) is 1.59. The summed E-state index contributed by atoms with van der Waals surface area (Å²) in [6.45, 7) is 3.58. The zero-order valence-corrected chi connectivity index (χ0v) is 9.31. The standard InChI is InChI=1S/C9H8ClN3OS/c1-6(10)5-15-9-13-12-8(14-9)7-3-2-4-11-7/h2-4,11H,1,5H2. The summed E-state index contributed by atoms with van der Waals surface area (Å²) in [6.07, 6.45) is 1.80. The SMILES string of the molecule is C=C(Cl)CSc1nnc(-c2ccc[nH]2)o1. The Morgan fingerprint density at radius 2 is 2.47 bits per heavy atom. The van der Waals surface area contributed by atoms with Crippen molar-refractivity contribution in [2.45, 2.75) is 5.22 Å². The highest BCUT2D eigenvalue weighted by Gasteiger charge is 2.09. The largest absolute Gasteiger partial charge is 0.410 e. The van der Waals surface area contributed by atoms with Crippen molar-refractivity contribution in [2.75, 3.05) is 5.75 Å². The molecule has 0 saturated heterocycles. The lowest BCUT2D eigenvalue weighted by Crippen LogP contribution is -1.76. The molecule has 0 aliphatic rings. The molecule has 2 rings (SSSR count). The molecule has 4 nitrogen and oxygen atoms in total. The van der Waals surface area contributed by atoms with E-state index in [0.717, 1.165) is 5.69 Å². The van der Waals surface area contributed by atoms with Gasteiger partial charge in [-0.25, -0.2) is 0 Å². The summed E-state index contributed by atoms with van der Waals surface area (Å²) in [5, 5.41) is 8.81. The number of thioether (sulfide) groups is 1. The van der Waals surface area contributed by atoms with E-state index in [2.05, 4.69) is 21.8 Å². The third-order valence-corrected chi connectivity index (χ3v) is 2.78. The highest BCUT2D eigenvalue weighted by Crippen LogP contribution is 2.23. The maximum Gasteiger partial charge on any atom is 0.277 e. The van der Waals surface area contributed by atoms with Crippen molar-refractivity contribution in [3.63, 3.8) is 0 Å². The van der Waals surface area contributed by atoms with Crippen molar-refractivity contribution < 1.29 is 4.42 Å². The van der Waals surface area contributed by atoms with Crippen LogP contribution in [0.4, 0.5) is 0 Å². The van der Waals surface area contributed by atoms with Crippen molar-refractivity contribution in [3.8, 4) is 11.6 Å². The number of H-pyrrole nitrogens is 1. The minimum absolute atomic E-state index is 0.475. The Kier molecular flexibility index (Phi) is 3.13. The van der Waals surface area contributed by atoms with Crippen LogP contribution in [0.25, 0.3) is 11.6 Å². The predicted molar refractivity (Wildman–Crippen MR) is 59.8 cm³/mol. The second-order valence-corrected chi connectivity index (χ2v) is 4.22. The number of aromatic amines is 1. The van der Waals surface area contributed by atoms with Crippen LogP contribution in [-0.2, 0) is 0 Å². The molecule has 0 aromatic carbocycles. The first kappa shape index (κ1) is 10.3. The lowest BCUT2D eigenvalue weighted by Gasteiger charge is -1.91. The molecular formula is C9H8ClN3OS. The van der Waals surface area contributed by atoms with Crippen molar-refractivity contribution in [1.82, 2.24) is 15.2 Å². The van der Waals surface area contributed by atoms with E-state index in [0.29, 0.717) is 21.9 Å². The maximum atomic E-state index is 5.62. The monoisotopic (exact) mass is 241 g/mol. The Hall–Kier alpha value is -1.20. The van der Waals surface area contributed by atoms with E-state index in [1.165, 1.54) is 11.8 Å². The maximum absolute atomic E-state index is 5.62. The molecule has 6 heteroatoms. The minimum Gasteiger partial charge on any atom is -0.410 e. The fourth-order valence-electron chi connectivity index (χ4n) is 0.980. The van der Waals surface area contributed by atoms with Crippen molar-refractivity contribution in [3.05, 3.63) is 29.9 Å². The van der Waals surface area contributed by atoms with Crippen LogP contribution in [0.15, 0.2) is 39.6 Å². The zero-order valence-electron chi connectivity index (χ0n) is 7.74. The second-order valence-electron chi connectivity index (χ2n) is 2.76. The van der Waals surface area contributed by atoms with Crippen molar-refractivity contribution in [2.24, 2.45) is 0 Å². The van der Waals surface area contributed by atoms with E-state index in [1.54, 1.807) is 6.20 Å². The molecule has 0 radical (unpaired) electrons. The summed E-state index contributed by atoms with van der Waals surface area (Å²) in [5.41, 5.74) is 0.805. The quantitative estimate of drug-likeness (QED) is 0.837. The van der Waals surface area contributed by atoms with Crippen molar-refractivity contribution >= 4 is 23.4 Å². The van der Waals surface area contributed by atoms with Gasteiger partial charge >= 0.3 is 0 Å². The Bertz CT molecular complexity index is 452. The molecule has 2 aromatic heterocycles. The summed E-state index contributed by atoms with van der Waals surface area (Å²) >= 11 is 6.98. The lowest BCUT2D eigenvalue weighted by molar-refractivity contribution is 0.465. The Morgan fingerprint density at radius 1 is 1.60 bits per heavy atom. The Morgan fingerprint density at radius 3 is 3.13 bits per heavy atom. The van der Waals surface area contributed by atoms with E-state index < -0.39 is 0 Å². The zero-order chi connectivity index (χ0) is 10.7. The van der Waals surface area contributed by atoms with Gasteiger partial charge in [-0.2, -0.15) is 0 Å². The Balaban J connectivity index is 2.08. The number of hydrogen-bond donors (Lipinski definition) is 1. The van der Waals surface area contributed by atoms with Crippen LogP contribution in [0.2, 0.25) is 0 Å². The van der Waals surface area contributed by atoms with Gasteiger partial charge in [0.15, 0.2) is 0 Å². The molecule has 1 N–H and O–H groups in total. The number of halogens is 1. The smallest absolute Gasteiger partial charge is 0.277 e. The molecular weight excluding hydrogens is 234 g/mol. The van der Waals surface area contributed by atoms with Gasteiger partial charge in [0.25, 0.3) is 11.1 Å². The van der Waals surface area contributed by atoms with Crippen molar-refractivity contribution in [1.29, 1.82) is 0 Å². The predicted octanol–water partition coefficient (Wildman–Crippen LogP) is 2.91. The summed E-state index contributed by atoms with van der Waals surface area (Å²) in [6, 6.07) is 3.73. The fraction of sp³-hybridized carbons (Fsp3) is 0.111. The molecule has 0 bridgehead atoms. The molecule has 0 spiro atoms. The minimum atomic E-state index is 0.475. The normalized spacial score (nSPS) is 10.5. The molecule has 0 unspecified atom stereocenters. The van der Waals surface area contributed by atoms with Gasteiger partial charge in [0.05, 0.1) is 0 Å². The van der Waals surface area contributed by atoms with E-state index in [1.807, 2.05) is 12.1 Å². The average Bonchev–Trinajstić information content (AvgIpc) is 2.85. The van der Waals surface area contributed by atoms with E-state index in [4.69, 9.17) is 16.0 Å². The number of hydrogen-bond acceptors (Lipinski definition) is 4. The molecule has 0 aliphatic heterocycles. The average molecular weight is 242 g/mol. The van der Waals surface area contributed by atoms with E-state index >= 15 is 0 Å².